The average Bonchev–Trinajstić information content (AvgIpc) is 3.14. The minimum absolute atomic E-state index is 0.170. The summed E-state index contributed by atoms with van der Waals surface area (Å²) < 4.78 is 0. The molecule has 0 aliphatic carbocycles. The quantitative estimate of drug-likeness (QED) is 0.671. The predicted molar refractivity (Wildman–Crippen MR) is 127 cm³/mol. The van der Waals surface area contributed by atoms with Crippen LogP contribution in [-0.2, 0) is 0 Å². The van der Waals surface area contributed by atoms with Gasteiger partial charge in [0.15, 0.2) is 10.9 Å². The number of urea groups is 1. The highest BCUT2D eigenvalue weighted by Gasteiger charge is 2.25. The molecule has 2 aliphatic rings. The molecule has 2 aromatic heterocycles. The Morgan fingerprint density at radius 3 is 2.77 bits per heavy atom. The summed E-state index contributed by atoms with van der Waals surface area (Å²) in [6.07, 6.45) is 4.41. The van der Waals surface area contributed by atoms with Crippen LogP contribution in [-0.4, -0.2) is 42.2 Å². The van der Waals surface area contributed by atoms with Crippen molar-refractivity contribution in [3.63, 3.8) is 0 Å². The van der Waals surface area contributed by atoms with Crippen LogP contribution in [0.2, 0.25) is 0 Å². The number of nitrogens with one attached hydrogen (secondary N) is 2. The number of rotatable bonds is 2. The van der Waals surface area contributed by atoms with Crippen LogP contribution in [0.1, 0.15) is 52.1 Å². The monoisotopic (exact) mass is 430 g/mol. The van der Waals surface area contributed by atoms with E-state index >= 15 is 0 Å². The van der Waals surface area contributed by atoms with Crippen molar-refractivity contribution in [1.82, 2.24) is 9.97 Å². The summed E-state index contributed by atoms with van der Waals surface area (Å²) in [4.78, 5) is 26.4. The number of aryl methyl sites for hydroxylation is 1. The molecule has 2 N–H and O–H groups in total. The number of nitrogens with zero attached hydrogens (tertiary/aromatic N) is 4. The van der Waals surface area contributed by atoms with Gasteiger partial charge in [-0.15, -0.1) is 11.3 Å². The van der Waals surface area contributed by atoms with Crippen molar-refractivity contribution in [2.45, 2.75) is 53.4 Å². The first-order valence-corrected chi connectivity index (χ1v) is 12.0. The highest BCUT2D eigenvalue weighted by atomic mass is 32.1. The lowest BCUT2D eigenvalue weighted by Gasteiger charge is -2.33. The van der Waals surface area contributed by atoms with E-state index in [-0.39, 0.29) is 6.03 Å². The normalized spacial score (nSPS) is 18.9. The highest BCUT2D eigenvalue weighted by Crippen LogP contribution is 2.31. The summed E-state index contributed by atoms with van der Waals surface area (Å²) in [5.41, 5.74) is 1.83. The van der Waals surface area contributed by atoms with Gasteiger partial charge in [0.05, 0.1) is 11.4 Å². The fraction of sp³-hybridized carbons (Fsp3) is 0.591. The molecule has 30 heavy (non-hydrogen) atoms. The summed E-state index contributed by atoms with van der Waals surface area (Å²) >= 11 is 1.44. The molecule has 1 saturated heterocycles. The number of thiazole rings is 1. The Balaban J connectivity index is 0.00000124. The smallest absolute Gasteiger partial charge is 0.329 e. The summed E-state index contributed by atoms with van der Waals surface area (Å²) in [5, 5.41) is 8.94. The van der Waals surface area contributed by atoms with E-state index in [1.807, 2.05) is 26.2 Å². The molecule has 0 saturated carbocycles. The molecule has 1 unspecified atom stereocenters. The van der Waals surface area contributed by atoms with Gasteiger partial charge in [0.2, 0.25) is 0 Å². The lowest BCUT2D eigenvalue weighted by atomic mass is 10.0. The summed E-state index contributed by atoms with van der Waals surface area (Å²) in [7, 11) is 0. The van der Waals surface area contributed by atoms with Crippen molar-refractivity contribution in [2.24, 2.45) is 5.92 Å². The Labute approximate surface area is 183 Å². The zero-order valence-corrected chi connectivity index (χ0v) is 19.4. The lowest BCUT2D eigenvalue weighted by Crippen LogP contribution is -2.39. The van der Waals surface area contributed by atoms with Gasteiger partial charge >= 0.3 is 6.03 Å². The molecule has 4 heterocycles. The molecule has 1 fully saturated rings. The van der Waals surface area contributed by atoms with E-state index in [9.17, 15) is 4.79 Å². The first-order chi connectivity index (χ1) is 14.6. The second-order valence-corrected chi connectivity index (χ2v) is 8.60. The number of fused-ring (bicyclic) bond motifs is 1. The number of pyridine rings is 1. The number of anilines is 4. The third-order valence-corrected chi connectivity index (χ3v) is 6.17. The molecule has 0 aromatic carbocycles. The second kappa shape index (κ2) is 10.6. The van der Waals surface area contributed by atoms with Gasteiger partial charge in [-0.25, -0.2) is 14.8 Å². The SMILES string of the molecule is CC.Cc1csc(NC(=O)N2CCCCNc3ccc(N4CCCC(C)C4)nc32)n1. The molecule has 2 aromatic rings. The second-order valence-electron chi connectivity index (χ2n) is 7.74. The van der Waals surface area contributed by atoms with E-state index in [4.69, 9.17) is 4.98 Å². The number of aromatic nitrogens is 2. The van der Waals surface area contributed by atoms with Crippen molar-refractivity contribution < 1.29 is 4.79 Å². The van der Waals surface area contributed by atoms with Gasteiger partial charge in [0, 0.05) is 31.6 Å². The zero-order chi connectivity index (χ0) is 21.5. The van der Waals surface area contributed by atoms with E-state index < -0.39 is 0 Å². The summed E-state index contributed by atoms with van der Waals surface area (Å²) in [5.74, 6) is 2.33. The first kappa shape index (κ1) is 22.3. The number of hydrogen-bond acceptors (Lipinski definition) is 6. The van der Waals surface area contributed by atoms with Crippen LogP contribution in [0.25, 0.3) is 0 Å². The third-order valence-electron chi connectivity index (χ3n) is 5.30. The minimum Gasteiger partial charge on any atom is -0.382 e. The van der Waals surface area contributed by atoms with Crippen LogP contribution in [0.3, 0.4) is 0 Å². The topological polar surface area (TPSA) is 73.4 Å². The van der Waals surface area contributed by atoms with Gasteiger partial charge in [-0.3, -0.25) is 10.2 Å². The Kier molecular flexibility index (Phi) is 7.90. The molecular weight excluding hydrogens is 396 g/mol. The molecule has 2 aliphatic heterocycles. The molecular formula is C22H34N6OS. The van der Waals surface area contributed by atoms with Gasteiger partial charge < -0.3 is 10.2 Å². The molecule has 164 valence electrons. The highest BCUT2D eigenvalue weighted by molar-refractivity contribution is 7.13. The molecule has 4 rings (SSSR count). The minimum atomic E-state index is -0.170. The number of amides is 2. The number of hydrogen-bond donors (Lipinski definition) is 2. The Morgan fingerprint density at radius 2 is 2.03 bits per heavy atom. The average molecular weight is 431 g/mol. The van der Waals surface area contributed by atoms with E-state index in [1.165, 1.54) is 24.2 Å². The zero-order valence-electron chi connectivity index (χ0n) is 18.6. The largest absolute Gasteiger partial charge is 0.382 e. The van der Waals surface area contributed by atoms with Gasteiger partial charge in [0.1, 0.15) is 5.82 Å². The van der Waals surface area contributed by atoms with Crippen molar-refractivity contribution in [1.29, 1.82) is 0 Å². The molecule has 7 nitrogen and oxygen atoms in total. The molecule has 8 heteroatoms. The fourth-order valence-corrected chi connectivity index (χ4v) is 4.53. The summed E-state index contributed by atoms with van der Waals surface area (Å²) in [6, 6.07) is 3.97. The van der Waals surface area contributed by atoms with Crippen LogP contribution in [0.4, 0.5) is 27.2 Å². The Hall–Kier alpha value is -2.35. The number of carbonyl (C=O) groups excluding carboxylic acids is 1. The van der Waals surface area contributed by atoms with Crippen LogP contribution in [0.5, 0.6) is 0 Å². The van der Waals surface area contributed by atoms with E-state index in [1.54, 1.807) is 4.90 Å². The van der Waals surface area contributed by atoms with Crippen molar-refractivity contribution in [2.75, 3.05) is 46.6 Å². The summed E-state index contributed by atoms with van der Waals surface area (Å²) in [6.45, 7) is 11.8. The first-order valence-electron chi connectivity index (χ1n) is 11.1. The predicted octanol–water partition coefficient (Wildman–Crippen LogP) is 5.35. The van der Waals surface area contributed by atoms with Gasteiger partial charge in [0.25, 0.3) is 0 Å². The van der Waals surface area contributed by atoms with Crippen LogP contribution >= 0.6 is 11.3 Å². The number of carbonyl (C=O) groups is 1. The standard InChI is InChI=1S/C20H28N6OS.C2H6/c1-14-6-5-10-25(12-14)17-8-7-16-18(23-17)26(11-4-3-9-21-16)20(27)24-19-22-15(2)13-28-19;1-2/h7-8,13-14,21H,3-6,9-12H2,1-2H3,(H,22,24,27);1-2H3. The van der Waals surface area contributed by atoms with Gasteiger partial charge in [-0.1, -0.05) is 20.8 Å². The van der Waals surface area contributed by atoms with Crippen LogP contribution < -0.4 is 20.4 Å². The Bertz CT molecular complexity index is 839. The van der Waals surface area contributed by atoms with E-state index in [0.717, 1.165) is 49.7 Å². The van der Waals surface area contributed by atoms with Gasteiger partial charge in [-0.2, -0.15) is 0 Å². The van der Waals surface area contributed by atoms with E-state index in [0.29, 0.717) is 23.4 Å². The van der Waals surface area contributed by atoms with E-state index in [2.05, 4.69) is 39.6 Å². The van der Waals surface area contributed by atoms with Crippen molar-refractivity contribution in [3.05, 3.63) is 23.2 Å². The maximum atomic E-state index is 13.0. The third kappa shape index (κ3) is 5.41. The van der Waals surface area contributed by atoms with Crippen molar-refractivity contribution >= 4 is 39.8 Å². The molecule has 1 atom stereocenters. The molecule has 0 radical (unpaired) electrons. The maximum Gasteiger partial charge on any atom is 0.329 e. The van der Waals surface area contributed by atoms with Gasteiger partial charge in [-0.05, 0) is 50.7 Å². The lowest BCUT2D eigenvalue weighted by molar-refractivity contribution is 0.256. The fourth-order valence-electron chi connectivity index (χ4n) is 3.85. The maximum absolute atomic E-state index is 13.0. The molecule has 2 amide bonds. The van der Waals surface area contributed by atoms with Crippen LogP contribution in [0.15, 0.2) is 17.5 Å². The van der Waals surface area contributed by atoms with Crippen LogP contribution in [0, 0.1) is 12.8 Å². The number of piperidine rings is 1. The molecule has 0 spiro atoms. The van der Waals surface area contributed by atoms with Crippen molar-refractivity contribution in [3.8, 4) is 0 Å². The molecule has 0 bridgehead atoms. The Morgan fingerprint density at radius 1 is 1.20 bits per heavy atom.